The highest BCUT2D eigenvalue weighted by Crippen LogP contribution is 2.32. The number of hydrogen-bond donors (Lipinski definition) is 1. The van der Waals surface area contributed by atoms with E-state index in [2.05, 4.69) is 20.1 Å². The summed E-state index contributed by atoms with van der Waals surface area (Å²) in [6.45, 7) is 1.59. The zero-order chi connectivity index (χ0) is 18.5. The van der Waals surface area contributed by atoms with Crippen LogP contribution in [0.1, 0.15) is 18.4 Å². The molecular weight excluding hydrogens is 373 g/mol. The van der Waals surface area contributed by atoms with Gasteiger partial charge in [-0.25, -0.2) is 9.67 Å². The number of pyridine rings is 1. The number of nitrogens with one attached hydrogen (secondary N) is 1. The summed E-state index contributed by atoms with van der Waals surface area (Å²) in [5.41, 5.74) is -1.17. The summed E-state index contributed by atoms with van der Waals surface area (Å²) in [6, 6.07) is 0.767. The lowest BCUT2D eigenvalue weighted by molar-refractivity contribution is -0.137. The molecule has 1 fully saturated rings. The molecule has 3 aromatic rings. The Labute approximate surface area is 149 Å². The fraction of sp³-hybridized carbons (Fsp3) is 0.333. The number of alkyl halides is 3. The number of anilines is 1. The van der Waals surface area contributed by atoms with Crippen molar-refractivity contribution in [3.8, 4) is 5.82 Å². The normalized spacial score (nSPS) is 15.2. The first kappa shape index (κ1) is 16.8. The zero-order valence-corrected chi connectivity index (χ0v) is 14.0. The smallest absolute Gasteiger partial charge is 0.342 e. The Morgan fingerprint density at radius 3 is 2.62 bits per heavy atom. The minimum Gasteiger partial charge on any atom is -0.342 e. The van der Waals surface area contributed by atoms with E-state index in [-0.39, 0.29) is 27.4 Å². The van der Waals surface area contributed by atoms with E-state index in [9.17, 15) is 18.0 Å². The molecule has 0 saturated carbocycles. The Kier molecular flexibility index (Phi) is 3.87. The van der Waals surface area contributed by atoms with Gasteiger partial charge in [0.2, 0.25) is 5.95 Å². The highest BCUT2D eigenvalue weighted by atomic mass is 35.5. The van der Waals surface area contributed by atoms with Crippen molar-refractivity contribution in [1.29, 1.82) is 0 Å². The van der Waals surface area contributed by atoms with Crippen molar-refractivity contribution in [2.24, 2.45) is 0 Å². The molecule has 4 rings (SSSR count). The molecule has 0 unspecified atom stereocenters. The first-order chi connectivity index (χ1) is 12.3. The van der Waals surface area contributed by atoms with Crippen LogP contribution in [0.3, 0.4) is 0 Å². The van der Waals surface area contributed by atoms with E-state index in [1.807, 2.05) is 4.90 Å². The van der Waals surface area contributed by atoms with Crippen LogP contribution in [-0.2, 0) is 6.18 Å². The van der Waals surface area contributed by atoms with Gasteiger partial charge in [0.1, 0.15) is 5.39 Å². The highest BCUT2D eigenvalue weighted by Gasteiger charge is 2.32. The van der Waals surface area contributed by atoms with Crippen molar-refractivity contribution >= 4 is 28.6 Å². The summed E-state index contributed by atoms with van der Waals surface area (Å²) in [5.74, 6) is 0.413. The third-order valence-electron chi connectivity index (χ3n) is 4.15. The maximum atomic E-state index is 12.7. The topological polar surface area (TPSA) is 79.7 Å². The van der Waals surface area contributed by atoms with Crippen molar-refractivity contribution in [2.75, 3.05) is 18.0 Å². The van der Waals surface area contributed by atoms with Crippen molar-refractivity contribution in [3.63, 3.8) is 0 Å². The van der Waals surface area contributed by atoms with Crippen LogP contribution < -0.4 is 10.5 Å². The summed E-state index contributed by atoms with van der Waals surface area (Å²) in [4.78, 5) is 25.0. The minimum atomic E-state index is -4.55. The quantitative estimate of drug-likeness (QED) is 0.735. The number of aromatic nitrogens is 5. The van der Waals surface area contributed by atoms with Gasteiger partial charge in [0.15, 0.2) is 11.5 Å². The SMILES string of the molecule is O=c1[nH]c(N2CCCC2)nc2nn(-c3ncc(C(F)(F)F)cc3Cl)cc12. The molecule has 0 amide bonds. The van der Waals surface area contributed by atoms with E-state index in [4.69, 9.17) is 11.6 Å². The predicted octanol–water partition coefficient (Wildman–Crippen LogP) is 2.78. The van der Waals surface area contributed by atoms with Crippen molar-refractivity contribution in [1.82, 2.24) is 24.7 Å². The molecule has 0 spiro atoms. The molecule has 7 nitrogen and oxygen atoms in total. The van der Waals surface area contributed by atoms with Gasteiger partial charge in [0.05, 0.1) is 10.6 Å². The van der Waals surface area contributed by atoms with Gasteiger partial charge in [0.25, 0.3) is 5.56 Å². The van der Waals surface area contributed by atoms with Crippen LogP contribution in [0.25, 0.3) is 16.9 Å². The Balaban J connectivity index is 1.78. The number of fused-ring (bicyclic) bond motifs is 1. The maximum absolute atomic E-state index is 12.7. The molecule has 136 valence electrons. The lowest BCUT2D eigenvalue weighted by atomic mass is 10.3. The number of hydrogen-bond acceptors (Lipinski definition) is 5. The molecule has 4 heterocycles. The third-order valence-corrected chi connectivity index (χ3v) is 4.43. The maximum Gasteiger partial charge on any atom is 0.417 e. The number of aromatic amines is 1. The standard InChI is InChI=1S/C15H12ClF3N6O/c16-10-5-8(15(17,18)19)6-20-12(10)25-7-9-11(23-25)21-14(22-13(9)26)24-3-1-2-4-24/h5-7H,1-4H2,(H,21,22,23,26). The predicted molar refractivity (Wildman–Crippen MR) is 88.7 cm³/mol. The van der Waals surface area contributed by atoms with Gasteiger partial charge in [-0.3, -0.25) is 9.78 Å². The third kappa shape index (κ3) is 2.90. The Morgan fingerprint density at radius 2 is 1.96 bits per heavy atom. The molecule has 0 aliphatic carbocycles. The Hall–Kier alpha value is -2.62. The zero-order valence-electron chi connectivity index (χ0n) is 13.2. The van der Waals surface area contributed by atoms with E-state index in [0.717, 1.165) is 36.7 Å². The Morgan fingerprint density at radius 1 is 1.23 bits per heavy atom. The van der Waals surface area contributed by atoms with E-state index in [1.165, 1.54) is 6.20 Å². The number of nitrogens with zero attached hydrogens (tertiary/aromatic N) is 5. The van der Waals surface area contributed by atoms with E-state index in [1.54, 1.807) is 0 Å². The molecule has 1 N–H and O–H groups in total. The van der Waals surface area contributed by atoms with Crippen molar-refractivity contribution in [3.05, 3.63) is 39.4 Å². The summed E-state index contributed by atoms with van der Waals surface area (Å²) in [7, 11) is 0. The second-order valence-electron chi connectivity index (χ2n) is 5.92. The van der Waals surface area contributed by atoms with Crippen molar-refractivity contribution < 1.29 is 13.2 Å². The molecule has 0 atom stereocenters. The first-order valence-electron chi connectivity index (χ1n) is 7.81. The Bertz CT molecular complexity index is 1040. The summed E-state index contributed by atoms with van der Waals surface area (Å²) >= 11 is 5.93. The van der Waals surface area contributed by atoms with E-state index >= 15 is 0 Å². The fourth-order valence-electron chi connectivity index (χ4n) is 2.85. The second kappa shape index (κ2) is 5.97. The lowest BCUT2D eigenvalue weighted by Gasteiger charge is -2.14. The van der Waals surface area contributed by atoms with Gasteiger partial charge in [-0.15, -0.1) is 5.10 Å². The van der Waals surface area contributed by atoms with Crippen LogP contribution in [0.4, 0.5) is 19.1 Å². The van der Waals surface area contributed by atoms with Gasteiger partial charge in [0, 0.05) is 25.5 Å². The first-order valence-corrected chi connectivity index (χ1v) is 8.18. The van der Waals surface area contributed by atoms with Crippen LogP contribution in [0.15, 0.2) is 23.3 Å². The van der Waals surface area contributed by atoms with Crippen LogP contribution in [0.2, 0.25) is 5.02 Å². The van der Waals surface area contributed by atoms with Crippen LogP contribution >= 0.6 is 11.6 Å². The molecule has 26 heavy (non-hydrogen) atoms. The highest BCUT2D eigenvalue weighted by molar-refractivity contribution is 6.32. The molecule has 1 saturated heterocycles. The average molecular weight is 385 g/mol. The lowest BCUT2D eigenvalue weighted by Crippen LogP contribution is -2.23. The van der Waals surface area contributed by atoms with E-state index in [0.29, 0.717) is 12.1 Å². The van der Waals surface area contributed by atoms with Crippen LogP contribution in [-0.4, -0.2) is 37.8 Å². The molecular formula is C15H12ClF3N6O. The number of halogens is 4. The van der Waals surface area contributed by atoms with Crippen molar-refractivity contribution in [2.45, 2.75) is 19.0 Å². The number of rotatable bonds is 2. The molecule has 3 aromatic heterocycles. The molecule has 0 radical (unpaired) electrons. The van der Waals surface area contributed by atoms with Gasteiger partial charge in [-0.05, 0) is 18.9 Å². The van der Waals surface area contributed by atoms with Crippen LogP contribution in [0.5, 0.6) is 0 Å². The molecule has 11 heteroatoms. The molecule has 1 aliphatic rings. The van der Waals surface area contributed by atoms with Gasteiger partial charge >= 0.3 is 6.18 Å². The second-order valence-corrected chi connectivity index (χ2v) is 6.33. The summed E-state index contributed by atoms with van der Waals surface area (Å²) in [6.07, 6.45) is -0.507. The molecule has 0 bridgehead atoms. The van der Waals surface area contributed by atoms with Gasteiger partial charge in [-0.2, -0.15) is 18.2 Å². The number of H-pyrrole nitrogens is 1. The minimum absolute atomic E-state index is 0.0141. The summed E-state index contributed by atoms with van der Waals surface area (Å²) < 4.78 is 39.4. The average Bonchev–Trinajstić information content (AvgIpc) is 3.23. The van der Waals surface area contributed by atoms with Gasteiger partial charge in [-0.1, -0.05) is 11.6 Å². The fourth-order valence-corrected chi connectivity index (χ4v) is 3.10. The van der Waals surface area contributed by atoms with Gasteiger partial charge < -0.3 is 4.90 Å². The monoisotopic (exact) mass is 384 g/mol. The largest absolute Gasteiger partial charge is 0.417 e. The summed E-state index contributed by atoms with van der Waals surface area (Å²) in [5, 5.41) is 4.13. The molecule has 0 aromatic carbocycles. The molecule has 1 aliphatic heterocycles. The van der Waals surface area contributed by atoms with E-state index < -0.39 is 11.7 Å². The van der Waals surface area contributed by atoms with Crippen LogP contribution in [0, 0.1) is 0 Å².